The molecule has 9 nitrogen and oxygen atoms in total. The van der Waals surface area contributed by atoms with Gasteiger partial charge in [-0.25, -0.2) is 18.7 Å². The molecule has 2 aliphatic rings. The fraction of sp³-hybridized carbons (Fsp3) is 0.375. The van der Waals surface area contributed by atoms with Crippen LogP contribution in [0.25, 0.3) is 11.3 Å². The summed E-state index contributed by atoms with van der Waals surface area (Å²) >= 11 is 0. The summed E-state index contributed by atoms with van der Waals surface area (Å²) in [6, 6.07) is 2.99. The smallest absolute Gasteiger partial charge is 0.256 e. The van der Waals surface area contributed by atoms with E-state index in [9.17, 15) is 18.4 Å². The fourth-order valence-electron chi connectivity index (χ4n) is 4.50. The van der Waals surface area contributed by atoms with E-state index < -0.39 is 17.5 Å². The van der Waals surface area contributed by atoms with Gasteiger partial charge in [0.25, 0.3) is 5.91 Å². The van der Waals surface area contributed by atoms with Gasteiger partial charge in [-0.3, -0.25) is 14.3 Å². The summed E-state index contributed by atoms with van der Waals surface area (Å²) in [6.07, 6.45) is 4.20. The molecule has 1 aromatic carbocycles. The number of fused-ring (bicyclic) bond motifs is 1. The summed E-state index contributed by atoms with van der Waals surface area (Å²) in [5.74, 6) is -1.34. The number of piperazine rings is 1. The van der Waals surface area contributed by atoms with Crippen molar-refractivity contribution in [3.05, 3.63) is 59.2 Å². The van der Waals surface area contributed by atoms with Crippen molar-refractivity contribution >= 4 is 17.6 Å². The second-order valence-electron chi connectivity index (χ2n) is 8.79. The highest BCUT2D eigenvalue weighted by Gasteiger charge is 2.29. The zero-order valence-corrected chi connectivity index (χ0v) is 19.5. The lowest BCUT2D eigenvalue weighted by molar-refractivity contribution is -0.129. The minimum Gasteiger partial charge on any atom is -0.351 e. The number of hydrogen-bond donors (Lipinski definition) is 0. The van der Waals surface area contributed by atoms with Crippen LogP contribution in [-0.2, 0) is 24.8 Å². The summed E-state index contributed by atoms with van der Waals surface area (Å²) in [7, 11) is 1.82. The topological polar surface area (TPSA) is 87.5 Å². The first-order valence-corrected chi connectivity index (χ1v) is 11.4. The molecule has 11 heteroatoms. The van der Waals surface area contributed by atoms with Gasteiger partial charge in [0.1, 0.15) is 17.3 Å². The van der Waals surface area contributed by atoms with Crippen LogP contribution in [0.4, 0.5) is 14.6 Å². The third-order valence-electron chi connectivity index (χ3n) is 6.44. The van der Waals surface area contributed by atoms with E-state index in [0.29, 0.717) is 57.2 Å². The molecule has 0 saturated carbocycles. The Balaban J connectivity index is 1.41. The Kier molecular flexibility index (Phi) is 5.91. The van der Waals surface area contributed by atoms with Crippen molar-refractivity contribution in [1.82, 2.24) is 29.5 Å². The molecule has 0 N–H and O–H groups in total. The normalized spacial score (nSPS) is 15.8. The van der Waals surface area contributed by atoms with Crippen LogP contribution in [0.3, 0.4) is 0 Å². The Bertz CT molecular complexity index is 1300. The molecule has 0 bridgehead atoms. The van der Waals surface area contributed by atoms with Gasteiger partial charge in [0, 0.05) is 70.9 Å². The second-order valence-corrected chi connectivity index (χ2v) is 8.79. The number of aryl methyl sites for hydroxylation is 1. The molecule has 1 fully saturated rings. The third kappa shape index (κ3) is 4.45. The van der Waals surface area contributed by atoms with Crippen LogP contribution < -0.4 is 4.90 Å². The summed E-state index contributed by atoms with van der Waals surface area (Å²) in [5, 5.41) is 4.27. The van der Waals surface area contributed by atoms with Gasteiger partial charge in [-0.15, -0.1) is 0 Å². The number of benzene rings is 1. The highest BCUT2D eigenvalue weighted by molar-refractivity contribution is 5.94. The molecule has 0 atom stereocenters. The van der Waals surface area contributed by atoms with E-state index in [-0.39, 0.29) is 11.5 Å². The van der Waals surface area contributed by atoms with E-state index in [0.717, 1.165) is 29.1 Å². The Morgan fingerprint density at radius 1 is 0.971 bits per heavy atom. The number of halogens is 2. The molecule has 5 rings (SSSR count). The summed E-state index contributed by atoms with van der Waals surface area (Å²) in [4.78, 5) is 39.9. The predicted octanol–water partition coefficient (Wildman–Crippen LogP) is 2.02. The minimum atomic E-state index is -0.864. The largest absolute Gasteiger partial charge is 0.351 e. The quantitative estimate of drug-likeness (QED) is 0.569. The number of anilines is 1. The van der Waals surface area contributed by atoms with Crippen LogP contribution in [-0.4, -0.2) is 74.1 Å². The summed E-state index contributed by atoms with van der Waals surface area (Å²) < 4.78 is 29.1. The first kappa shape index (κ1) is 22.9. The number of nitrogens with zero attached hydrogens (tertiary/aromatic N) is 7. The summed E-state index contributed by atoms with van der Waals surface area (Å²) in [5.41, 5.74) is 2.97. The van der Waals surface area contributed by atoms with Gasteiger partial charge in [-0.05, 0) is 12.1 Å². The van der Waals surface area contributed by atoms with Crippen LogP contribution in [0.1, 0.15) is 28.7 Å². The van der Waals surface area contributed by atoms with Gasteiger partial charge in [0.2, 0.25) is 5.91 Å². The molecule has 0 unspecified atom stereocenters. The van der Waals surface area contributed by atoms with E-state index in [1.165, 1.54) is 6.07 Å². The Labute approximate surface area is 201 Å². The van der Waals surface area contributed by atoms with E-state index in [1.807, 2.05) is 13.2 Å². The molecule has 1 saturated heterocycles. The number of rotatable bonds is 3. The predicted molar refractivity (Wildman–Crippen MR) is 124 cm³/mol. The maximum atomic E-state index is 14.1. The fourth-order valence-corrected chi connectivity index (χ4v) is 4.50. The monoisotopic (exact) mass is 481 g/mol. The van der Waals surface area contributed by atoms with Crippen molar-refractivity contribution in [3.63, 3.8) is 0 Å². The molecular weight excluding hydrogens is 456 g/mol. The first-order chi connectivity index (χ1) is 16.8. The van der Waals surface area contributed by atoms with E-state index in [1.54, 1.807) is 27.6 Å². The molecule has 4 heterocycles. The van der Waals surface area contributed by atoms with Crippen molar-refractivity contribution < 1.29 is 18.4 Å². The Hall–Kier alpha value is -3.89. The van der Waals surface area contributed by atoms with Crippen molar-refractivity contribution in [2.45, 2.75) is 19.9 Å². The molecule has 2 aromatic heterocycles. The molecule has 2 aliphatic heterocycles. The zero-order chi connectivity index (χ0) is 24.7. The Morgan fingerprint density at radius 3 is 2.40 bits per heavy atom. The molecule has 2 amide bonds. The van der Waals surface area contributed by atoms with Gasteiger partial charge in [-0.1, -0.05) is 0 Å². The number of carbonyl (C=O) groups excluding carboxylic acids is 2. The van der Waals surface area contributed by atoms with Crippen LogP contribution in [0, 0.1) is 11.6 Å². The number of amides is 2. The third-order valence-corrected chi connectivity index (χ3v) is 6.44. The average Bonchev–Trinajstić information content (AvgIpc) is 3.28. The van der Waals surface area contributed by atoms with E-state index in [2.05, 4.69) is 10.00 Å². The van der Waals surface area contributed by atoms with E-state index in [4.69, 9.17) is 9.97 Å². The maximum Gasteiger partial charge on any atom is 0.256 e. The lowest BCUT2D eigenvalue weighted by Gasteiger charge is -2.37. The van der Waals surface area contributed by atoms with Crippen molar-refractivity contribution in [3.8, 4) is 11.3 Å². The molecule has 0 aliphatic carbocycles. The molecular formula is C24H25F2N7O2. The molecule has 0 radical (unpaired) electrons. The van der Waals surface area contributed by atoms with Crippen LogP contribution in [0.15, 0.2) is 30.6 Å². The lowest BCUT2D eigenvalue weighted by Crippen LogP contribution is -2.49. The standard InChI is InChI=1S/C24H25F2N7O2/c1-15(34)33-6-5-20-21(14-33)28-22(16-12-27-30(2)13-16)23(29-20)31-7-9-32(10-8-31)24(35)18-4-3-17(25)11-19(18)26/h3-4,11-13H,5-10,14H2,1-2H3. The zero-order valence-electron chi connectivity index (χ0n) is 19.5. The van der Waals surface area contributed by atoms with Gasteiger partial charge in [0.15, 0.2) is 5.82 Å². The highest BCUT2D eigenvalue weighted by Crippen LogP contribution is 2.31. The maximum absolute atomic E-state index is 14.1. The van der Waals surface area contributed by atoms with Crippen LogP contribution >= 0.6 is 0 Å². The number of hydrogen-bond acceptors (Lipinski definition) is 6. The molecule has 35 heavy (non-hydrogen) atoms. The average molecular weight is 482 g/mol. The van der Waals surface area contributed by atoms with Crippen LogP contribution in [0.5, 0.6) is 0 Å². The highest BCUT2D eigenvalue weighted by atomic mass is 19.1. The molecule has 3 aromatic rings. The van der Waals surface area contributed by atoms with Crippen molar-refractivity contribution in [2.75, 3.05) is 37.6 Å². The lowest BCUT2D eigenvalue weighted by atomic mass is 10.1. The Morgan fingerprint density at radius 2 is 1.74 bits per heavy atom. The van der Waals surface area contributed by atoms with Gasteiger partial charge < -0.3 is 14.7 Å². The minimum absolute atomic E-state index is 0.00262. The van der Waals surface area contributed by atoms with E-state index >= 15 is 0 Å². The van der Waals surface area contributed by atoms with Crippen LogP contribution in [0.2, 0.25) is 0 Å². The first-order valence-electron chi connectivity index (χ1n) is 11.4. The summed E-state index contributed by atoms with van der Waals surface area (Å²) in [6.45, 7) is 4.24. The van der Waals surface area contributed by atoms with Gasteiger partial charge in [-0.2, -0.15) is 5.10 Å². The van der Waals surface area contributed by atoms with Crippen molar-refractivity contribution in [1.29, 1.82) is 0 Å². The molecule has 182 valence electrons. The SMILES string of the molecule is CC(=O)N1CCc2nc(N3CCN(C(=O)c4ccc(F)cc4F)CC3)c(-c3cnn(C)c3)nc2C1. The number of aromatic nitrogens is 4. The molecule has 0 spiro atoms. The van der Waals surface area contributed by atoms with Gasteiger partial charge >= 0.3 is 0 Å². The van der Waals surface area contributed by atoms with Crippen molar-refractivity contribution in [2.24, 2.45) is 7.05 Å². The second kappa shape index (κ2) is 9.05. The van der Waals surface area contributed by atoms with Gasteiger partial charge in [0.05, 0.1) is 29.7 Å². The number of carbonyl (C=O) groups is 2.